The van der Waals surface area contributed by atoms with E-state index >= 15 is 0 Å². The number of furan rings is 1. The zero-order valence-electron chi connectivity index (χ0n) is 9.68. The lowest BCUT2D eigenvalue weighted by Crippen LogP contribution is -2.16. The number of nitrogens with one attached hydrogen (secondary N) is 1. The number of nitrogens with zero attached hydrogens (tertiary/aromatic N) is 2. The van der Waals surface area contributed by atoms with E-state index in [9.17, 15) is 0 Å². The maximum atomic E-state index is 5.11. The molecule has 0 aliphatic rings. The summed E-state index contributed by atoms with van der Waals surface area (Å²) in [6, 6.07) is 2.13. The standard InChI is InChI=1S/C12H17N3O/c1-3-5-15-8-11(7-14-15)12(13-2)10-4-6-16-9-10/h4,6-9,12-13H,3,5H2,1-2H3. The Bertz CT molecular complexity index is 419. The van der Waals surface area contributed by atoms with Gasteiger partial charge in [0.15, 0.2) is 0 Å². The molecular weight excluding hydrogens is 202 g/mol. The predicted octanol–water partition coefficient (Wildman–Crippen LogP) is 2.19. The van der Waals surface area contributed by atoms with Crippen molar-refractivity contribution >= 4 is 0 Å². The highest BCUT2D eigenvalue weighted by Crippen LogP contribution is 2.21. The van der Waals surface area contributed by atoms with Crippen LogP contribution in [0.4, 0.5) is 0 Å². The van der Waals surface area contributed by atoms with E-state index in [-0.39, 0.29) is 6.04 Å². The summed E-state index contributed by atoms with van der Waals surface area (Å²) in [7, 11) is 1.94. The van der Waals surface area contributed by atoms with E-state index < -0.39 is 0 Å². The Hall–Kier alpha value is -1.55. The van der Waals surface area contributed by atoms with Gasteiger partial charge in [-0.15, -0.1) is 0 Å². The quantitative estimate of drug-likeness (QED) is 0.838. The minimum atomic E-state index is 0.157. The van der Waals surface area contributed by atoms with E-state index in [4.69, 9.17) is 4.42 Å². The van der Waals surface area contributed by atoms with E-state index in [2.05, 4.69) is 23.5 Å². The molecule has 0 radical (unpaired) electrons. The highest BCUT2D eigenvalue weighted by molar-refractivity contribution is 5.25. The average Bonchev–Trinajstić information content (AvgIpc) is 2.92. The van der Waals surface area contributed by atoms with Crippen LogP contribution in [0.2, 0.25) is 0 Å². The average molecular weight is 219 g/mol. The van der Waals surface area contributed by atoms with Gasteiger partial charge in [0.25, 0.3) is 0 Å². The van der Waals surface area contributed by atoms with Crippen molar-refractivity contribution in [1.29, 1.82) is 0 Å². The van der Waals surface area contributed by atoms with E-state index in [0.29, 0.717) is 0 Å². The van der Waals surface area contributed by atoms with Crippen LogP contribution in [0.3, 0.4) is 0 Å². The SMILES string of the molecule is CCCn1cc(C(NC)c2ccoc2)cn1. The Morgan fingerprint density at radius 3 is 3.00 bits per heavy atom. The second kappa shape index (κ2) is 4.99. The topological polar surface area (TPSA) is 43.0 Å². The van der Waals surface area contributed by atoms with Crippen molar-refractivity contribution in [2.75, 3.05) is 7.05 Å². The summed E-state index contributed by atoms with van der Waals surface area (Å²) in [4.78, 5) is 0. The molecule has 2 rings (SSSR count). The Morgan fingerprint density at radius 1 is 1.50 bits per heavy atom. The molecule has 0 saturated carbocycles. The third-order valence-corrected chi connectivity index (χ3v) is 2.60. The molecular formula is C12H17N3O. The number of hydrogen-bond acceptors (Lipinski definition) is 3. The Kier molecular flexibility index (Phi) is 3.41. The molecule has 0 spiro atoms. The number of rotatable bonds is 5. The molecule has 4 nitrogen and oxygen atoms in total. The molecule has 0 aliphatic heterocycles. The Labute approximate surface area is 95.3 Å². The molecule has 0 aliphatic carbocycles. The third kappa shape index (κ3) is 2.17. The summed E-state index contributed by atoms with van der Waals surface area (Å²) in [5.74, 6) is 0. The van der Waals surface area contributed by atoms with Gasteiger partial charge in [-0.25, -0.2) is 0 Å². The van der Waals surface area contributed by atoms with Crippen LogP contribution < -0.4 is 5.32 Å². The zero-order chi connectivity index (χ0) is 11.4. The normalized spacial score (nSPS) is 12.9. The largest absolute Gasteiger partial charge is 0.472 e. The van der Waals surface area contributed by atoms with Crippen molar-refractivity contribution in [2.45, 2.75) is 25.9 Å². The maximum Gasteiger partial charge on any atom is 0.0953 e. The summed E-state index contributed by atoms with van der Waals surface area (Å²) in [5, 5.41) is 7.59. The lowest BCUT2D eigenvalue weighted by Gasteiger charge is -2.11. The molecule has 0 fully saturated rings. The summed E-state index contributed by atoms with van der Waals surface area (Å²) in [5.41, 5.74) is 2.29. The fourth-order valence-corrected chi connectivity index (χ4v) is 1.85. The first kappa shape index (κ1) is 11.0. The molecule has 4 heteroatoms. The van der Waals surface area contributed by atoms with Crippen LogP contribution in [0.1, 0.15) is 30.5 Å². The molecule has 2 aromatic heterocycles. The van der Waals surface area contributed by atoms with E-state index in [1.165, 1.54) is 0 Å². The van der Waals surface area contributed by atoms with Gasteiger partial charge in [-0.3, -0.25) is 4.68 Å². The van der Waals surface area contributed by atoms with Crippen LogP contribution in [-0.4, -0.2) is 16.8 Å². The minimum Gasteiger partial charge on any atom is -0.472 e. The monoisotopic (exact) mass is 219 g/mol. The van der Waals surface area contributed by atoms with Crippen molar-refractivity contribution in [3.05, 3.63) is 42.1 Å². The molecule has 2 heterocycles. The number of aromatic nitrogens is 2. The van der Waals surface area contributed by atoms with Crippen molar-refractivity contribution in [1.82, 2.24) is 15.1 Å². The second-order valence-electron chi connectivity index (χ2n) is 3.82. The second-order valence-corrected chi connectivity index (χ2v) is 3.82. The van der Waals surface area contributed by atoms with Crippen molar-refractivity contribution < 1.29 is 4.42 Å². The highest BCUT2D eigenvalue weighted by atomic mass is 16.3. The molecule has 0 aromatic carbocycles. The smallest absolute Gasteiger partial charge is 0.0953 e. The van der Waals surface area contributed by atoms with Gasteiger partial charge >= 0.3 is 0 Å². The highest BCUT2D eigenvalue weighted by Gasteiger charge is 2.14. The number of aryl methyl sites for hydroxylation is 1. The molecule has 0 saturated heterocycles. The lowest BCUT2D eigenvalue weighted by atomic mass is 10.1. The van der Waals surface area contributed by atoms with Crippen LogP contribution in [-0.2, 0) is 6.54 Å². The number of hydrogen-bond donors (Lipinski definition) is 1. The van der Waals surface area contributed by atoms with Crippen molar-refractivity contribution in [3.8, 4) is 0 Å². The first-order valence-electron chi connectivity index (χ1n) is 5.57. The van der Waals surface area contributed by atoms with E-state index in [1.54, 1.807) is 12.5 Å². The fourth-order valence-electron chi connectivity index (χ4n) is 1.85. The molecule has 0 bridgehead atoms. The van der Waals surface area contributed by atoms with Gasteiger partial charge in [-0.1, -0.05) is 6.92 Å². The Balaban J connectivity index is 2.20. The van der Waals surface area contributed by atoms with Crippen LogP contribution in [0.25, 0.3) is 0 Å². The van der Waals surface area contributed by atoms with Gasteiger partial charge in [0.05, 0.1) is 24.8 Å². The summed E-state index contributed by atoms with van der Waals surface area (Å²) in [6.45, 7) is 3.11. The maximum absolute atomic E-state index is 5.11. The zero-order valence-corrected chi connectivity index (χ0v) is 9.68. The van der Waals surface area contributed by atoms with Crippen LogP contribution >= 0.6 is 0 Å². The van der Waals surface area contributed by atoms with Crippen LogP contribution in [0.5, 0.6) is 0 Å². The fraction of sp³-hybridized carbons (Fsp3) is 0.417. The molecule has 1 unspecified atom stereocenters. The van der Waals surface area contributed by atoms with Gasteiger partial charge < -0.3 is 9.73 Å². The van der Waals surface area contributed by atoms with Crippen molar-refractivity contribution in [2.24, 2.45) is 0 Å². The molecule has 1 N–H and O–H groups in total. The lowest BCUT2D eigenvalue weighted by molar-refractivity contribution is 0.557. The molecule has 0 amide bonds. The van der Waals surface area contributed by atoms with E-state index in [1.807, 2.05) is 24.0 Å². The van der Waals surface area contributed by atoms with Crippen LogP contribution in [0, 0.1) is 0 Å². The summed E-state index contributed by atoms with van der Waals surface area (Å²) >= 11 is 0. The summed E-state index contributed by atoms with van der Waals surface area (Å²) < 4.78 is 7.08. The Morgan fingerprint density at radius 2 is 2.38 bits per heavy atom. The molecule has 1 atom stereocenters. The minimum absolute atomic E-state index is 0.157. The molecule has 16 heavy (non-hydrogen) atoms. The van der Waals surface area contributed by atoms with E-state index in [0.717, 1.165) is 24.1 Å². The first-order valence-corrected chi connectivity index (χ1v) is 5.57. The predicted molar refractivity (Wildman–Crippen MR) is 62.1 cm³/mol. The first-order chi connectivity index (χ1) is 7.85. The van der Waals surface area contributed by atoms with Gasteiger partial charge in [0, 0.05) is 23.9 Å². The summed E-state index contributed by atoms with van der Waals surface area (Å²) in [6.07, 6.45) is 8.53. The third-order valence-electron chi connectivity index (χ3n) is 2.60. The molecule has 2 aromatic rings. The van der Waals surface area contributed by atoms with Gasteiger partial charge in [-0.2, -0.15) is 5.10 Å². The van der Waals surface area contributed by atoms with Gasteiger partial charge in [0.1, 0.15) is 0 Å². The van der Waals surface area contributed by atoms with Crippen molar-refractivity contribution in [3.63, 3.8) is 0 Å². The van der Waals surface area contributed by atoms with Crippen LogP contribution in [0.15, 0.2) is 35.4 Å². The van der Waals surface area contributed by atoms with Gasteiger partial charge in [0.2, 0.25) is 0 Å². The van der Waals surface area contributed by atoms with Gasteiger partial charge in [-0.05, 0) is 19.5 Å². The molecule has 86 valence electrons.